The Bertz CT molecular complexity index is 988. The average Bonchev–Trinajstić information content (AvgIpc) is 2.84. The number of carbonyl (C=O) groups excluding carboxylic acids is 1. The second kappa shape index (κ2) is 15.0. The highest BCUT2D eigenvalue weighted by Gasteiger charge is 2.27. The van der Waals surface area contributed by atoms with Crippen LogP contribution < -0.4 is 10.1 Å². The number of benzene rings is 2. The zero-order chi connectivity index (χ0) is 27.3. The van der Waals surface area contributed by atoms with Crippen LogP contribution in [0.3, 0.4) is 0 Å². The molecular formula is C25H30F4N2O6. The first-order valence-corrected chi connectivity index (χ1v) is 11.6. The van der Waals surface area contributed by atoms with Crippen LogP contribution in [0, 0.1) is 5.82 Å². The number of urea groups is 1. The van der Waals surface area contributed by atoms with Crippen molar-refractivity contribution in [2.45, 2.75) is 32.0 Å². The molecule has 0 spiro atoms. The van der Waals surface area contributed by atoms with Gasteiger partial charge in [0.15, 0.2) is 6.10 Å². The lowest BCUT2D eigenvalue weighted by atomic mass is 10.1. The number of amides is 2. The fourth-order valence-corrected chi connectivity index (χ4v) is 3.25. The number of alkyl halides is 3. The molecule has 8 nitrogen and oxygen atoms in total. The van der Waals surface area contributed by atoms with E-state index in [9.17, 15) is 32.3 Å². The van der Waals surface area contributed by atoms with E-state index in [-0.39, 0.29) is 51.4 Å². The number of halogens is 4. The van der Waals surface area contributed by atoms with Crippen molar-refractivity contribution >= 4 is 17.7 Å². The van der Waals surface area contributed by atoms with Gasteiger partial charge in [0.1, 0.15) is 24.8 Å². The van der Waals surface area contributed by atoms with Gasteiger partial charge in [-0.3, -0.25) is 0 Å². The minimum atomic E-state index is -4.44. The van der Waals surface area contributed by atoms with Gasteiger partial charge in [-0.15, -0.1) is 0 Å². The monoisotopic (exact) mass is 530 g/mol. The number of para-hydroxylation sites is 1. The Morgan fingerprint density at radius 2 is 1.76 bits per heavy atom. The van der Waals surface area contributed by atoms with Gasteiger partial charge in [0.2, 0.25) is 0 Å². The van der Waals surface area contributed by atoms with Crippen molar-refractivity contribution in [3.8, 4) is 5.75 Å². The van der Waals surface area contributed by atoms with Gasteiger partial charge < -0.3 is 29.5 Å². The first-order chi connectivity index (χ1) is 17.6. The van der Waals surface area contributed by atoms with Crippen LogP contribution in [0.15, 0.2) is 48.5 Å². The molecule has 0 aliphatic heterocycles. The van der Waals surface area contributed by atoms with Crippen LogP contribution in [0.1, 0.15) is 18.9 Å². The molecule has 12 heteroatoms. The molecule has 0 saturated heterocycles. The highest BCUT2D eigenvalue weighted by Crippen LogP contribution is 2.17. The third-order valence-electron chi connectivity index (χ3n) is 5.00. The average molecular weight is 531 g/mol. The Kier molecular flexibility index (Phi) is 12.1. The molecule has 2 rings (SSSR count). The molecule has 37 heavy (non-hydrogen) atoms. The third-order valence-corrected chi connectivity index (χ3v) is 5.00. The number of carboxylic acid groups (broad SMARTS) is 1. The molecule has 1 atom stereocenters. The van der Waals surface area contributed by atoms with Crippen LogP contribution in [0.5, 0.6) is 5.75 Å². The highest BCUT2D eigenvalue weighted by molar-refractivity contribution is 5.89. The summed E-state index contributed by atoms with van der Waals surface area (Å²) in [5, 5.41) is 11.6. The number of nitrogens with zero attached hydrogens (tertiary/aromatic N) is 1. The summed E-state index contributed by atoms with van der Waals surface area (Å²) in [6.45, 7) is 0.539. The maximum Gasteiger partial charge on any atom is 0.411 e. The van der Waals surface area contributed by atoms with E-state index in [1.165, 1.54) is 23.1 Å². The highest BCUT2D eigenvalue weighted by atomic mass is 19.4. The normalized spacial score (nSPS) is 12.1. The number of hydrogen-bond acceptors (Lipinski definition) is 5. The SMILES string of the molecule is CCOC(Cc1ccc(OCCN(CCCOCC(F)(F)F)C(=O)Nc2ccccc2F)cc1)C(=O)O. The molecule has 0 saturated carbocycles. The first kappa shape index (κ1) is 29.8. The van der Waals surface area contributed by atoms with Crippen LogP contribution in [0.2, 0.25) is 0 Å². The predicted octanol–water partition coefficient (Wildman–Crippen LogP) is 4.74. The number of anilines is 1. The van der Waals surface area contributed by atoms with Gasteiger partial charge in [-0.05, 0) is 43.2 Å². The second-order valence-corrected chi connectivity index (χ2v) is 7.90. The third kappa shape index (κ3) is 11.5. The number of rotatable bonds is 15. The summed E-state index contributed by atoms with van der Waals surface area (Å²) in [7, 11) is 0. The standard InChI is InChI=1S/C25H30F4N2O6/c1-2-36-22(23(32)33)16-18-8-10-19(11-9-18)37-15-13-31(12-5-14-35-17-25(27,28)29)24(34)30-21-7-4-3-6-20(21)26/h3-4,6-11,22H,2,5,12-17H2,1H3,(H,30,34)(H,32,33). The fraction of sp³-hybridized carbons (Fsp3) is 0.440. The molecule has 0 aromatic heterocycles. The summed E-state index contributed by atoms with van der Waals surface area (Å²) in [6.07, 6.45) is -5.09. The number of hydrogen-bond donors (Lipinski definition) is 2. The van der Waals surface area contributed by atoms with E-state index in [4.69, 9.17) is 9.47 Å². The lowest BCUT2D eigenvalue weighted by Crippen LogP contribution is -2.39. The minimum Gasteiger partial charge on any atom is -0.492 e. The second-order valence-electron chi connectivity index (χ2n) is 7.90. The summed E-state index contributed by atoms with van der Waals surface area (Å²) in [4.78, 5) is 25.2. The lowest BCUT2D eigenvalue weighted by Gasteiger charge is -2.23. The van der Waals surface area contributed by atoms with Gasteiger partial charge >= 0.3 is 18.2 Å². The Morgan fingerprint density at radius 3 is 2.38 bits per heavy atom. The molecular weight excluding hydrogens is 500 g/mol. The number of aliphatic carboxylic acids is 1. The zero-order valence-corrected chi connectivity index (χ0v) is 20.3. The van der Waals surface area contributed by atoms with Crippen molar-refractivity contribution in [2.75, 3.05) is 44.8 Å². The smallest absolute Gasteiger partial charge is 0.411 e. The molecule has 0 bridgehead atoms. The first-order valence-electron chi connectivity index (χ1n) is 11.6. The number of carboxylic acids is 1. The van der Waals surface area contributed by atoms with Gasteiger partial charge in [-0.25, -0.2) is 14.0 Å². The number of ether oxygens (including phenoxy) is 3. The van der Waals surface area contributed by atoms with Crippen molar-refractivity contribution in [1.29, 1.82) is 0 Å². The van der Waals surface area contributed by atoms with E-state index in [0.717, 1.165) is 5.56 Å². The van der Waals surface area contributed by atoms with Gasteiger partial charge in [0, 0.05) is 26.2 Å². The van der Waals surface area contributed by atoms with Crippen molar-refractivity contribution in [3.05, 3.63) is 59.9 Å². The van der Waals surface area contributed by atoms with Crippen molar-refractivity contribution in [2.24, 2.45) is 0 Å². The zero-order valence-electron chi connectivity index (χ0n) is 20.3. The van der Waals surface area contributed by atoms with Crippen molar-refractivity contribution < 1.29 is 46.5 Å². The summed E-state index contributed by atoms with van der Waals surface area (Å²) in [6, 6.07) is 11.6. The Hall–Kier alpha value is -3.38. The number of nitrogens with one attached hydrogen (secondary N) is 1. The van der Waals surface area contributed by atoms with Crippen LogP contribution >= 0.6 is 0 Å². The van der Waals surface area contributed by atoms with Crippen LogP contribution in [0.25, 0.3) is 0 Å². The quantitative estimate of drug-likeness (QED) is 0.255. The number of carbonyl (C=O) groups is 2. The summed E-state index contributed by atoms with van der Waals surface area (Å²) < 4.78 is 66.1. The molecule has 2 amide bonds. The van der Waals surface area contributed by atoms with Gasteiger partial charge in [-0.2, -0.15) is 13.2 Å². The molecule has 0 aliphatic rings. The Labute approximate surface area is 212 Å². The maximum atomic E-state index is 13.9. The Balaban J connectivity index is 1.92. The largest absolute Gasteiger partial charge is 0.492 e. The van der Waals surface area contributed by atoms with E-state index in [2.05, 4.69) is 10.1 Å². The van der Waals surface area contributed by atoms with Crippen molar-refractivity contribution in [1.82, 2.24) is 4.90 Å². The fourth-order valence-electron chi connectivity index (χ4n) is 3.25. The van der Waals surface area contributed by atoms with E-state index in [1.807, 2.05) is 0 Å². The molecule has 2 N–H and O–H groups in total. The topological polar surface area (TPSA) is 97.3 Å². The minimum absolute atomic E-state index is 0.0333. The summed E-state index contributed by atoms with van der Waals surface area (Å²) in [5.41, 5.74) is 0.701. The van der Waals surface area contributed by atoms with E-state index in [0.29, 0.717) is 5.75 Å². The van der Waals surface area contributed by atoms with Gasteiger partial charge in [-0.1, -0.05) is 24.3 Å². The van der Waals surface area contributed by atoms with E-state index in [1.54, 1.807) is 37.3 Å². The summed E-state index contributed by atoms with van der Waals surface area (Å²) in [5.74, 6) is -1.22. The van der Waals surface area contributed by atoms with Crippen LogP contribution in [-0.4, -0.2) is 73.8 Å². The molecule has 2 aromatic carbocycles. The van der Waals surface area contributed by atoms with Crippen LogP contribution in [0.4, 0.5) is 28.0 Å². The Morgan fingerprint density at radius 1 is 1.05 bits per heavy atom. The van der Waals surface area contributed by atoms with E-state index < -0.39 is 36.7 Å². The predicted molar refractivity (Wildman–Crippen MR) is 127 cm³/mol. The molecule has 0 radical (unpaired) electrons. The van der Waals surface area contributed by atoms with Crippen LogP contribution in [-0.2, 0) is 20.7 Å². The molecule has 1 unspecified atom stereocenters. The molecule has 0 aliphatic carbocycles. The van der Waals surface area contributed by atoms with Gasteiger partial charge in [0.25, 0.3) is 0 Å². The van der Waals surface area contributed by atoms with Gasteiger partial charge in [0.05, 0.1) is 12.2 Å². The lowest BCUT2D eigenvalue weighted by molar-refractivity contribution is -0.174. The molecule has 204 valence electrons. The van der Waals surface area contributed by atoms with Crippen molar-refractivity contribution in [3.63, 3.8) is 0 Å². The maximum absolute atomic E-state index is 13.9. The van der Waals surface area contributed by atoms with E-state index >= 15 is 0 Å². The molecule has 2 aromatic rings. The summed E-state index contributed by atoms with van der Waals surface area (Å²) >= 11 is 0. The molecule has 0 heterocycles. The molecule has 0 fully saturated rings.